The number of hydrogen-bond donors (Lipinski definition) is 1. The zero-order valence-electron chi connectivity index (χ0n) is 10.0. The van der Waals surface area contributed by atoms with E-state index in [9.17, 15) is 13.9 Å². The molecule has 19 heavy (non-hydrogen) atoms. The van der Waals surface area contributed by atoms with Crippen molar-refractivity contribution in [3.8, 4) is 5.75 Å². The molecule has 2 aromatic carbocycles. The molecule has 1 atom stereocenters. The molecule has 100 valence electrons. The maximum atomic E-state index is 13.9. The Morgan fingerprint density at radius 1 is 1.11 bits per heavy atom. The average Bonchev–Trinajstić information content (AvgIpc) is 2.41. The minimum absolute atomic E-state index is 0.0621. The zero-order valence-corrected chi connectivity index (χ0v) is 11.6. The van der Waals surface area contributed by atoms with Gasteiger partial charge in [-0.25, -0.2) is 8.78 Å². The number of methoxy groups -OCH3 is 1. The van der Waals surface area contributed by atoms with Gasteiger partial charge in [0.15, 0.2) is 0 Å². The van der Waals surface area contributed by atoms with Crippen LogP contribution in [-0.2, 0) is 0 Å². The van der Waals surface area contributed by atoms with Crippen molar-refractivity contribution in [1.82, 2.24) is 0 Å². The van der Waals surface area contributed by atoms with Crippen LogP contribution in [0, 0.1) is 11.6 Å². The largest absolute Gasteiger partial charge is 0.497 e. The first-order chi connectivity index (χ1) is 9.04. The van der Waals surface area contributed by atoms with E-state index < -0.39 is 17.7 Å². The summed E-state index contributed by atoms with van der Waals surface area (Å²) in [6.45, 7) is 0. The summed E-state index contributed by atoms with van der Waals surface area (Å²) >= 11 is 3.05. The molecule has 0 fully saturated rings. The van der Waals surface area contributed by atoms with E-state index in [0.29, 0.717) is 5.75 Å². The minimum Gasteiger partial charge on any atom is -0.497 e. The lowest BCUT2D eigenvalue weighted by Gasteiger charge is -2.15. The molecule has 0 saturated carbocycles. The van der Waals surface area contributed by atoms with E-state index in [-0.39, 0.29) is 15.6 Å². The molecule has 0 radical (unpaired) electrons. The van der Waals surface area contributed by atoms with Gasteiger partial charge in [-0.05, 0) is 34.1 Å². The van der Waals surface area contributed by atoms with Gasteiger partial charge < -0.3 is 9.84 Å². The normalized spacial score (nSPS) is 12.3. The Kier molecular flexibility index (Phi) is 4.17. The van der Waals surface area contributed by atoms with Crippen LogP contribution >= 0.6 is 15.9 Å². The van der Waals surface area contributed by atoms with E-state index >= 15 is 0 Å². The smallest absolute Gasteiger partial charge is 0.137 e. The monoisotopic (exact) mass is 328 g/mol. The number of hydrogen-bond acceptors (Lipinski definition) is 2. The predicted molar refractivity (Wildman–Crippen MR) is 71.1 cm³/mol. The second-order valence-corrected chi connectivity index (χ2v) is 4.73. The van der Waals surface area contributed by atoms with Crippen LogP contribution < -0.4 is 4.74 Å². The van der Waals surface area contributed by atoms with E-state index in [1.54, 1.807) is 0 Å². The quantitative estimate of drug-likeness (QED) is 0.928. The van der Waals surface area contributed by atoms with Gasteiger partial charge in [0.25, 0.3) is 0 Å². The molecule has 0 aliphatic rings. The summed E-state index contributed by atoms with van der Waals surface area (Å²) in [6.07, 6.45) is -1.25. The molecule has 2 aromatic rings. The molecule has 0 spiro atoms. The molecule has 1 unspecified atom stereocenters. The van der Waals surface area contributed by atoms with E-state index in [2.05, 4.69) is 15.9 Å². The molecule has 0 heterocycles. The second-order valence-electron chi connectivity index (χ2n) is 3.93. The summed E-state index contributed by atoms with van der Waals surface area (Å²) in [4.78, 5) is 0. The summed E-state index contributed by atoms with van der Waals surface area (Å²) < 4.78 is 32.3. The zero-order chi connectivity index (χ0) is 14.0. The highest BCUT2D eigenvalue weighted by molar-refractivity contribution is 9.10. The third-order valence-electron chi connectivity index (χ3n) is 2.78. The predicted octanol–water partition coefficient (Wildman–Crippen LogP) is 3.82. The second kappa shape index (κ2) is 5.67. The van der Waals surface area contributed by atoms with Crippen LogP contribution in [0.25, 0.3) is 0 Å². The maximum Gasteiger partial charge on any atom is 0.137 e. The molecule has 5 heteroatoms. The Morgan fingerprint density at radius 2 is 1.84 bits per heavy atom. The Balaban J connectivity index is 2.44. The number of rotatable bonds is 3. The van der Waals surface area contributed by atoms with Crippen molar-refractivity contribution in [3.05, 3.63) is 63.6 Å². The van der Waals surface area contributed by atoms with Gasteiger partial charge in [0.05, 0.1) is 11.6 Å². The molecule has 0 aliphatic heterocycles. The van der Waals surface area contributed by atoms with Crippen molar-refractivity contribution in [3.63, 3.8) is 0 Å². The van der Waals surface area contributed by atoms with Crippen LogP contribution in [0.2, 0.25) is 0 Å². The lowest BCUT2D eigenvalue weighted by Crippen LogP contribution is -2.04. The highest BCUT2D eigenvalue weighted by Crippen LogP contribution is 2.32. The van der Waals surface area contributed by atoms with Gasteiger partial charge >= 0.3 is 0 Å². The van der Waals surface area contributed by atoms with E-state index in [4.69, 9.17) is 4.74 Å². The lowest BCUT2D eigenvalue weighted by molar-refractivity contribution is 0.213. The molecule has 0 aliphatic carbocycles. The fourth-order valence-corrected chi connectivity index (χ4v) is 2.24. The van der Waals surface area contributed by atoms with Crippen LogP contribution in [0.15, 0.2) is 40.9 Å². The summed E-state index contributed by atoms with van der Waals surface area (Å²) in [5, 5.41) is 10.2. The number of ether oxygens (including phenoxy) is 1. The van der Waals surface area contributed by atoms with Crippen LogP contribution in [-0.4, -0.2) is 12.2 Å². The molecule has 0 saturated heterocycles. The Hall–Kier alpha value is -1.46. The fraction of sp³-hybridized carbons (Fsp3) is 0.143. The Labute approximate surface area is 117 Å². The van der Waals surface area contributed by atoms with Gasteiger partial charge in [-0.3, -0.25) is 0 Å². The van der Waals surface area contributed by atoms with Gasteiger partial charge in [-0.2, -0.15) is 0 Å². The highest BCUT2D eigenvalue weighted by atomic mass is 79.9. The van der Waals surface area contributed by atoms with Crippen LogP contribution in [0.4, 0.5) is 8.78 Å². The van der Waals surface area contributed by atoms with Crippen molar-refractivity contribution in [1.29, 1.82) is 0 Å². The summed E-state index contributed by atoms with van der Waals surface area (Å²) in [5.74, 6) is -0.764. The van der Waals surface area contributed by atoms with E-state index in [1.165, 1.54) is 43.5 Å². The topological polar surface area (TPSA) is 29.5 Å². The first-order valence-electron chi connectivity index (χ1n) is 5.50. The third kappa shape index (κ3) is 2.77. The van der Waals surface area contributed by atoms with E-state index in [1.807, 2.05) is 0 Å². The number of aliphatic hydroxyl groups excluding tert-OH is 1. The summed E-state index contributed by atoms with van der Waals surface area (Å²) in [5.41, 5.74) is 0.330. The molecule has 2 nitrogen and oxygen atoms in total. The van der Waals surface area contributed by atoms with Crippen molar-refractivity contribution in [2.24, 2.45) is 0 Å². The first-order valence-corrected chi connectivity index (χ1v) is 6.29. The number of benzene rings is 2. The highest BCUT2D eigenvalue weighted by Gasteiger charge is 2.19. The van der Waals surface area contributed by atoms with Crippen molar-refractivity contribution in [2.45, 2.75) is 6.10 Å². The fourth-order valence-electron chi connectivity index (χ4n) is 1.76. The van der Waals surface area contributed by atoms with Crippen molar-refractivity contribution >= 4 is 15.9 Å². The molecular formula is C14H11BrF2O2. The lowest BCUT2D eigenvalue weighted by atomic mass is 10.0. The van der Waals surface area contributed by atoms with Gasteiger partial charge in [-0.15, -0.1) is 0 Å². The van der Waals surface area contributed by atoms with Crippen molar-refractivity contribution < 1.29 is 18.6 Å². The molecule has 0 aromatic heterocycles. The molecule has 0 bridgehead atoms. The standard InChI is InChI=1S/C14H11BrF2O2/c1-19-8-5-6-9(12(17)7-8)14(18)10-3-2-4-11(16)13(10)15/h2-7,14,18H,1H3. The van der Waals surface area contributed by atoms with Crippen molar-refractivity contribution in [2.75, 3.05) is 7.11 Å². The first kappa shape index (κ1) is 14.0. The summed E-state index contributed by atoms with van der Waals surface area (Å²) in [7, 11) is 1.42. The SMILES string of the molecule is COc1ccc(C(O)c2cccc(F)c2Br)c(F)c1. The van der Waals surface area contributed by atoms with E-state index in [0.717, 1.165) is 0 Å². The maximum absolute atomic E-state index is 13.9. The van der Waals surface area contributed by atoms with Gasteiger partial charge in [0.2, 0.25) is 0 Å². The molecule has 2 rings (SSSR count). The number of halogens is 3. The third-order valence-corrected chi connectivity index (χ3v) is 3.61. The minimum atomic E-state index is -1.25. The molecular weight excluding hydrogens is 318 g/mol. The van der Waals surface area contributed by atoms with Crippen LogP contribution in [0.5, 0.6) is 5.75 Å². The Morgan fingerprint density at radius 3 is 2.47 bits per heavy atom. The van der Waals surface area contributed by atoms with Gasteiger partial charge in [0, 0.05) is 17.2 Å². The average molecular weight is 329 g/mol. The van der Waals surface area contributed by atoms with Gasteiger partial charge in [-0.1, -0.05) is 12.1 Å². The Bertz CT molecular complexity index is 602. The molecule has 1 N–H and O–H groups in total. The summed E-state index contributed by atoms with van der Waals surface area (Å²) in [6, 6.07) is 8.36. The number of aliphatic hydroxyl groups is 1. The van der Waals surface area contributed by atoms with Crippen LogP contribution in [0.1, 0.15) is 17.2 Å². The van der Waals surface area contributed by atoms with Crippen LogP contribution in [0.3, 0.4) is 0 Å². The van der Waals surface area contributed by atoms with Gasteiger partial charge in [0.1, 0.15) is 23.5 Å². The molecule has 0 amide bonds.